The van der Waals surface area contributed by atoms with E-state index in [4.69, 9.17) is 0 Å². The van der Waals surface area contributed by atoms with E-state index in [0.717, 1.165) is 23.7 Å². The normalized spacial score (nSPS) is 12.2. The van der Waals surface area contributed by atoms with Gasteiger partial charge in [-0.2, -0.15) is 23.0 Å². The quantitative estimate of drug-likeness (QED) is 0.358. The summed E-state index contributed by atoms with van der Waals surface area (Å²) >= 11 is 2.44. The molecule has 0 bridgehead atoms. The van der Waals surface area contributed by atoms with Crippen LogP contribution in [-0.2, 0) is 22.4 Å². The second-order valence-electron chi connectivity index (χ2n) is 6.94. The molecule has 166 valence electrons. The molecule has 0 radical (unpaired) electrons. The third-order valence-electron chi connectivity index (χ3n) is 4.55. The molecule has 3 aromatic heterocycles. The molecule has 32 heavy (non-hydrogen) atoms. The first kappa shape index (κ1) is 22.4. The van der Waals surface area contributed by atoms with E-state index in [0.29, 0.717) is 24.9 Å². The molecule has 5 nitrogen and oxygen atoms in total. The van der Waals surface area contributed by atoms with Crippen LogP contribution in [0.3, 0.4) is 0 Å². The molecule has 0 atom stereocenters. The highest BCUT2D eigenvalue weighted by molar-refractivity contribution is 7.90. The van der Waals surface area contributed by atoms with Crippen LogP contribution in [0.15, 0.2) is 64.9 Å². The Balaban J connectivity index is 1.70. The summed E-state index contributed by atoms with van der Waals surface area (Å²) in [6.45, 7) is 0. The fraction of sp³-hybridized carbons (Fsp3) is 0.143. The van der Waals surface area contributed by atoms with E-state index < -0.39 is 27.6 Å². The zero-order valence-electron chi connectivity index (χ0n) is 16.5. The van der Waals surface area contributed by atoms with Crippen LogP contribution in [0.4, 0.5) is 13.2 Å². The number of carbonyl (C=O) groups excluding carboxylic acids is 1. The summed E-state index contributed by atoms with van der Waals surface area (Å²) in [7, 11) is -3.40. The standard InChI is InChI=1S/C21H15F3N2O3S3/c1-32(28,29)15-6-2-4-13(10-15)17-7-8-18(31-17)16-12-19(21(22,23)24)26(25-16)20(27)11-14-5-3-9-30-14/h2-10,12H,11H2,1H3. The minimum Gasteiger partial charge on any atom is -0.272 e. The summed E-state index contributed by atoms with van der Waals surface area (Å²) < 4.78 is 64.8. The molecule has 0 fully saturated rings. The molecule has 0 saturated carbocycles. The highest BCUT2D eigenvalue weighted by Gasteiger charge is 2.38. The van der Waals surface area contributed by atoms with Crippen LogP contribution in [-0.4, -0.2) is 30.4 Å². The lowest BCUT2D eigenvalue weighted by molar-refractivity contribution is -0.143. The second kappa shape index (κ2) is 8.30. The van der Waals surface area contributed by atoms with Crippen LogP contribution in [0.2, 0.25) is 0 Å². The van der Waals surface area contributed by atoms with Gasteiger partial charge in [0.15, 0.2) is 15.5 Å². The van der Waals surface area contributed by atoms with Gasteiger partial charge in [-0.25, -0.2) is 8.42 Å². The smallest absolute Gasteiger partial charge is 0.272 e. The van der Waals surface area contributed by atoms with Crippen LogP contribution in [0, 0.1) is 0 Å². The number of aromatic nitrogens is 2. The van der Waals surface area contributed by atoms with Gasteiger partial charge in [0.2, 0.25) is 0 Å². The van der Waals surface area contributed by atoms with Crippen molar-refractivity contribution in [2.45, 2.75) is 17.5 Å². The van der Waals surface area contributed by atoms with E-state index in [1.54, 1.807) is 41.8 Å². The van der Waals surface area contributed by atoms with E-state index in [-0.39, 0.29) is 17.0 Å². The van der Waals surface area contributed by atoms with Gasteiger partial charge in [-0.1, -0.05) is 18.2 Å². The molecule has 0 spiro atoms. The first-order valence-corrected chi connectivity index (χ1v) is 12.7. The Kier molecular flexibility index (Phi) is 5.82. The van der Waals surface area contributed by atoms with Gasteiger partial charge in [-0.3, -0.25) is 4.79 Å². The summed E-state index contributed by atoms with van der Waals surface area (Å²) in [4.78, 5) is 14.4. The van der Waals surface area contributed by atoms with E-state index in [1.807, 2.05) is 0 Å². The minimum atomic E-state index is -4.75. The Morgan fingerprint density at radius 3 is 2.47 bits per heavy atom. The number of sulfone groups is 1. The molecule has 0 saturated heterocycles. The molecular weight excluding hydrogens is 481 g/mol. The van der Waals surface area contributed by atoms with Gasteiger partial charge >= 0.3 is 6.18 Å². The molecule has 0 aliphatic rings. The van der Waals surface area contributed by atoms with Crippen molar-refractivity contribution in [1.29, 1.82) is 0 Å². The molecule has 0 amide bonds. The Morgan fingerprint density at radius 1 is 1.06 bits per heavy atom. The summed E-state index contributed by atoms with van der Waals surface area (Å²) in [5, 5.41) is 5.70. The summed E-state index contributed by atoms with van der Waals surface area (Å²) in [5.41, 5.74) is -0.496. The maximum atomic E-state index is 13.6. The van der Waals surface area contributed by atoms with Gasteiger partial charge in [-0.15, -0.1) is 22.7 Å². The first-order valence-electron chi connectivity index (χ1n) is 9.16. The zero-order chi connectivity index (χ0) is 23.1. The number of hydrogen-bond donors (Lipinski definition) is 0. The molecule has 1 aromatic carbocycles. The van der Waals surface area contributed by atoms with Crippen molar-refractivity contribution in [3.8, 4) is 21.0 Å². The maximum Gasteiger partial charge on any atom is 0.433 e. The zero-order valence-corrected chi connectivity index (χ0v) is 18.9. The third kappa shape index (κ3) is 4.69. The average Bonchev–Trinajstić information content (AvgIpc) is 3.46. The second-order valence-corrected chi connectivity index (χ2v) is 11.1. The predicted molar refractivity (Wildman–Crippen MR) is 118 cm³/mol. The highest BCUT2D eigenvalue weighted by atomic mass is 32.2. The number of halogens is 3. The topological polar surface area (TPSA) is 69.0 Å². The van der Waals surface area contributed by atoms with Crippen molar-refractivity contribution >= 4 is 38.4 Å². The predicted octanol–water partition coefficient (Wildman–Crippen LogP) is 5.65. The number of benzene rings is 1. The fourth-order valence-electron chi connectivity index (χ4n) is 3.04. The van der Waals surface area contributed by atoms with Crippen molar-refractivity contribution in [3.05, 3.63) is 70.5 Å². The number of nitrogens with zero attached hydrogens (tertiary/aromatic N) is 2. The van der Waals surface area contributed by atoms with E-state index >= 15 is 0 Å². The van der Waals surface area contributed by atoms with Crippen molar-refractivity contribution in [1.82, 2.24) is 9.78 Å². The van der Waals surface area contributed by atoms with Crippen LogP contribution in [0.1, 0.15) is 15.4 Å². The monoisotopic (exact) mass is 496 g/mol. The van der Waals surface area contributed by atoms with Gasteiger partial charge < -0.3 is 0 Å². The van der Waals surface area contributed by atoms with Gasteiger partial charge in [0.05, 0.1) is 16.2 Å². The Hall–Kier alpha value is -2.76. The number of thiophene rings is 2. The summed E-state index contributed by atoms with van der Waals surface area (Å²) in [6.07, 6.45) is -3.83. The van der Waals surface area contributed by atoms with Crippen molar-refractivity contribution in [2.24, 2.45) is 0 Å². The molecule has 4 rings (SSSR count). The van der Waals surface area contributed by atoms with Crippen LogP contribution in [0.25, 0.3) is 21.0 Å². The Bertz CT molecular complexity index is 1390. The SMILES string of the molecule is CS(=O)(=O)c1cccc(-c2ccc(-c3cc(C(F)(F)F)n(C(=O)Cc4cccs4)n3)s2)c1. The van der Waals surface area contributed by atoms with Crippen molar-refractivity contribution in [3.63, 3.8) is 0 Å². The summed E-state index contributed by atoms with van der Waals surface area (Å²) in [6, 6.07) is 13.8. The van der Waals surface area contributed by atoms with Gasteiger partial charge in [0.1, 0.15) is 5.69 Å². The van der Waals surface area contributed by atoms with Gasteiger partial charge in [-0.05, 0) is 47.3 Å². The van der Waals surface area contributed by atoms with Crippen LogP contribution in [0.5, 0.6) is 0 Å². The molecule has 0 aliphatic carbocycles. The number of rotatable bonds is 5. The largest absolute Gasteiger partial charge is 0.433 e. The maximum absolute atomic E-state index is 13.6. The molecular formula is C21H15F3N2O3S3. The third-order valence-corrected chi connectivity index (χ3v) is 7.69. The fourth-order valence-corrected chi connectivity index (χ4v) is 5.36. The van der Waals surface area contributed by atoms with Crippen molar-refractivity contribution < 1.29 is 26.4 Å². The Morgan fingerprint density at radius 2 is 1.81 bits per heavy atom. The number of alkyl halides is 3. The first-order chi connectivity index (χ1) is 15.0. The molecule has 0 N–H and O–H groups in total. The highest BCUT2D eigenvalue weighted by Crippen LogP contribution is 2.37. The lowest BCUT2D eigenvalue weighted by atomic mass is 10.2. The van der Waals surface area contributed by atoms with Gasteiger partial charge in [0.25, 0.3) is 5.91 Å². The minimum absolute atomic E-state index is 0.0207. The molecule has 4 aromatic rings. The molecule has 3 heterocycles. The lowest BCUT2D eigenvalue weighted by Crippen LogP contribution is -2.22. The Labute approximate surface area is 189 Å². The lowest BCUT2D eigenvalue weighted by Gasteiger charge is -2.08. The van der Waals surface area contributed by atoms with Gasteiger partial charge in [0, 0.05) is 16.0 Å². The average molecular weight is 497 g/mol. The van der Waals surface area contributed by atoms with E-state index in [1.165, 1.54) is 23.5 Å². The van der Waals surface area contributed by atoms with Crippen LogP contribution >= 0.6 is 22.7 Å². The number of hydrogen-bond acceptors (Lipinski definition) is 6. The van der Waals surface area contributed by atoms with E-state index in [2.05, 4.69) is 5.10 Å². The van der Waals surface area contributed by atoms with E-state index in [9.17, 15) is 26.4 Å². The van der Waals surface area contributed by atoms with Crippen molar-refractivity contribution in [2.75, 3.05) is 6.26 Å². The number of carbonyl (C=O) groups is 1. The molecule has 0 aliphatic heterocycles. The molecule has 11 heteroatoms. The summed E-state index contributed by atoms with van der Waals surface area (Å²) in [5.74, 6) is -0.774. The van der Waals surface area contributed by atoms with Crippen LogP contribution < -0.4 is 0 Å². The molecule has 0 unspecified atom stereocenters.